The van der Waals surface area contributed by atoms with Crippen LogP contribution in [0.4, 0.5) is 0 Å². The highest BCUT2D eigenvalue weighted by Gasteiger charge is 2.12. The van der Waals surface area contributed by atoms with Crippen molar-refractivity contribution in [1.82, 2.24) is 10.1 Å². The van der Waals surface area contributed by atoms with Gasteiger partial charge in [-0.15, -0.1) is 0 Å². The third kappa shape index (κ3) is 3.25. The van der Waals surface area contributed by atoms with Gasteiger partial charge in [0, 0.05) is 23.2 Å². The second kappa shape index (κ2) is 6.86. The van der Waals surface area contributed by atoms with Crippen molar-refractivity contribution < 1.29 is 9.26 Å². The average molecular weight is 416 g/mol. The topological polar surface area (TPSA) is 48.2 Å². The first kappa shape index (κ1) is 16.1. The van der Waals surface area contributed by atoms with Crippen LogP contribution in [0.5, 0.6) is 5.75 Å². The molecule has 0 fully saturated rings. The Kier molecular flexibility index (Phi) is 4.42. The van der Waals surface area contributed by atoms with E-state index in [2.05, 4.69) is 26.1 Å². The highest BCUT2D eigenvalue weighted by Crippen LogP contribution is 2.33. The molecule has 0 bridgehead atoms. The van der Waals surface area contributed by atoms with Crippen molar-refractivity contribution in [3.63, 3.8) is 0 Å². The van der Waals surface area contributed by atoms with Crippen LogP contribution in [0.2, 0.25) is 5.02 Å². The van der Waals surface area contributed by atoms with Crippen LogP contribution in [0, 0.1) is 0 Å². The Hall–Kier alpha value is -2.37. The lowest BCUT2D eigenvalue weighted by molar-refractivity contribution is 0.291. The summed E-state index contributed by atoms with van der Waals surface area (Å²) in [5.41, 5.74) is 2.36. The molecule has 4 rings (SSSR count). The number of nitrogens with zero attached hydrogens (tertiary/aromatic N) is 2. The van der Waals surface area contributed by atoms with Gasteiger partial charge < -0.3 is 9.26 Å². The molecule has 25 heavy (non-hydrogen) atoms. The number of benzene rings is 2. The second-order valence-corrected chi connectivity index (χ2v) is 6.66. The highest BCUT2D eigenvalue weighted by molar-refractivity contribution is 9.10. The van der Waals surface area contributed by atoms with Crippen molar-refractivity contribution in [2.45, 2.75) is 6.61 Å². The zero-order chi connectivity index (χ0) is 17.2. The zero-order valence-electron chi connectivity index (χ0n) is 12.9. The molecule has 2 heterocycles. The van der Waals surface area contributed by atoms with Crippen molar-refractivity contribution in [3.05, 3.63) is 76.0 Å². The van der Waals surface area contributed by atoms with Crippen molar-refractivity contribution >= 4 is 38.4 Å². The molecule has 0 saturated heterocycles. The Labute approximate surface area is 157 Å². The molecule has 0 aliphatic heterocycles. The number of aromatic nitrogens is 2. The number of fused-ring (bicyclic) bond motifs is 1. The summed E-state index contributed by atoms with van der Waals surface area (Å²) < 4.78 is 12.2. The smallest absolute Gasteiger partial charge is 0.168 e. The molecule has 2 aromatic carbocycles. The van der Waals surface area contributed by atoms with Gasteiger partial charge in [0.05, 0.1) is 15.0 Å². The molecular formula is C19H12BrClN2O2. The summed E-state index contributed by atoms with van der Waals surface area (Å²) in [4.78, 5) is 4.37. The van der Waals surface area contributed by atoms with E-state index in [0.29, 0.717) is 16.5 Å². The molecule has 4 aromatic rings. The number of halogens is 2. The zero-order valence-corrected chi connectivity index (χ0v) is 15.3. The van der Waals surface area contributed by atoms with E-state index >= 15 is 0 Å². The predicted octanol–water partition coefficient (Wildman–Crippen LogP) is 5.88. The second-order valence-electron chi connectivity index (χ2n) is 5.40. The molecule has 124 valence electrons. The van der Waals surface area contributed by atoms with E-state index < -0.39 is 0 Å². The normalized spacial score (nSPS) is 11.0. The fourth-order valence-corrected chi connectivity index (χ4v) is 3.21. The van der Waals surface area contributed by atoms with Gasteiger partial charge in [0.1, 0.15) is 18.1 Å². The van der Waals surface area contributed by atoms with E-state index in [-0.39, 0.29) is 6.61 Å². The summed E-state index contributed by atoms with van der Waals surface area (Å²) in [5.74, 6) is 1.34. The van der Waals surface area contributed by atoms with Gasteiger partial charge in [-0.05, 0) is 40.2 Å². The van der Waals surface area contributed by atoms with Crippen LogP contribution in [-0.4, -0.2) is 10.1 Å². The number of para-hydroxylation sites is 1. The van der Waals surface area contributed by atoms with E-state index in [1.807, 2.05) is 54.6 Å². The first-order valence-electron chi connectivity index (χ1n) is 7.59. The first-order valence-corrected chi connectivity index (χ1v) is 8.76. The maximum Gasteiger partial charge on any atom is 0.168 e. The molecule has 6 heteroatoms. The molecule has 0 aliphatic rings. The van der Waals surface area contributed by atoms with Crippen molar-refractivity contribution in [2.24, 2.45) is 0 Å². The van der Waals surface area contributed by atoms with Gasteiger partial charge in [-0.3, -0.25) is 4.98 Å². The molecular weight excluding hydrogens is 404 g/mol. The molecule has 0 amide bonds. The Morgan fingerprint density at radius 1 is 1.08 bits per heavy atom. The number of hydrogen-bond acceptors (Lipinski definition) is 4. The minimum absolute atomic E-state index is 0.278. The van der Waals surface area contributed by atoms with Gasteiger partial charge in [-0.25, -0.2) is 0 Å². The van der Waals surface area contributed by atoms with Gasteiger partial charge in [-0.1, -0.05) is 41.0 Å². The van der Waals surface area contributed by atoms with Crippen molar-refractivity contribution in [3.8, 4) is 17.1 Å². The lowest BCUT2D eigenvalue weighted by Gasteiger charge is -2.09. The van der Waals surface area contributed by atoms with Crippen LogP contribution >= 0.6 is 27.5 Å². The standard InChI is InChI=1S/C19H12BrClN2O2/c20-15-10-22-17-8-4-2-6-14(17)19(15)24-11-12-9-18(25-23-12)13-5-1-3-7-16(13)21/h1-10H,11H2. The molecule has 0 unspecified atom stereocenters. The molecule has 4 nitrogen and oxygen atoms in total. The number of rotatable bonds is 4. The van der Waals surface area contributed by atoms with E-state index in [0.717, 1.165) is 26.7 Å². The minimum atomic E-state index is 0.278. The number of pyridine rings is 1. The summed E-state index contributed by atoms with van der Waals surface area (Å²) in [6.45, 7) is 0.278. The predicted molar refractivity (Wildman–Crippen MR) is 101 cm³/mol. The lowest BCUT2D eigenvalue weighted by atomic mass is 10.1. The van der Waals surface area contributed by atoms with E-state index in [4.69, 9.17) is 20.9 Å². The number of ether oxygens (including phenoxy) is 1. The highest BCUT2D eigenvalue weighted by atomic mass is 79.9. The number of hydrogen-bond donors (Lipinski definition) is 0. The lowest BCUT2D eigenvalue weighted by Crippen LogP contribution is -1.97. The molecule has 0 spiro atoms. The minimum Gasteiger partial charge on any atom is -0.485 e. The van der Waals surface area contributed by atoms with E-state index in [1.54, 1.807) is 6.20 Å². The Morgan fingerprint density at radius 3 is 2.76 bits per heavy atom. The third-order valence-electron chi connectivity index (χ3n) is 3.75. The Balaban J connectivity index is 1.59. The fourth-order valence-electron chi connectivity index (χ4n) is 2.55. The summed E-state index contributed by atoms with van der Waals surface area (Å²) >= 11 is 9.69. The van der Waals surface area contributed by atoms with Gasteiger partial charge in [0.15, 0.2) is 5.76 Å². The Bertz CT molecular complexity index is 1050. The largest absolute Gasteiger partial charge is 0.485 e. The van der Waals surface area contributed by atoms with Crippen LogP contribution in [0.15, 0.2) is 69.8 Å². The summed E-state index contributed by atoms with van der Waals surface area (Å²) in [6.07, 6.45) is 1.73. The molecule has 0 saturated carbocycles. The summed E-state index contributed by atoms with van der Waals surface area (Å²) in [6, 6.07) is 17.1. The molecule has 0 N–H and O–H groups in total. The van der Waals surface area contributed by atoms with E-state index in [1.165, 1.54) is 0 Å². The average Bonchev–Trinajstić information content (AvgIpc) is 3.10. The molecule has 2 aromatic heterocycles. The molecule has 0 radical (unpaired) electrons. The third-order valence-corrected chi connectivity index (χ3v) is 4.64. The van der Waals surface area contributed by atoms with Gasteiger partial charge in [0.25, 0.3) is 0 Å². The van der Waals surface area contributed by atoms with E-state index in [9.17, 15) is 0 Å². The van der Waals surface area contributed by atoms with Crippen molar-refractivity contribution in [2.75, 3.05) is 0 Å². The van der Waals surface area contributed by atoms with Gasteiger partial charge >= 0.3 is 0 Å². The van der Waals surface area contributed by atoms with Crippen molar-refractivity contribution in [1.29, 1.82) is 0 Å². The SMILES string of the molecule is Clc1ccccc1-c1cc(COc2c(Br)cnc3ccccc23)no1. The maximum atomic E-state index is 6.19. The van der Waals surface area contributed by atoms with Gasteiger partial charge in [0.2, 0.25) is 0 Å². The first-order chi connectivity index (χ1) is 12.2. The van der Waals surface area contributed by atoms with Crippen LogP contribution < -0.4 is 4.74 Å². The quantitative estimate of drug-likeness (QED) is 0.417. The van der Waals surface area contributed by atoms with Crippen LogP contribution in [-0.2, 0) is 6.61 Å². The maximum absolute atomic E-state index is 6.19. The Morgan fingerprint density at radius 2 is 1.88 bits per heavy atom. The summed E-state index contributed by atoms with van der Waals surface area (Å²) in [5, 5.41) is 5.63. The fraction of sp³-hybridized carbons (Fsp3) is 0.0526. The van der Waals surface area contributed by atoms with Crippen LogP contribution in [0.3, 0.4) is 0 Å². The molecule has 0 atom stereocenters. The van der Waals surface area contributed by atoms with Gasteiger partial charge in [-0.2, -0.15) is 0 Å². The van der Waals surface area contributed by atoms with Crippen LogP contribution in [0.1, 0.15) is 5.69 Å². The van der Waals surface area contributed by atoms with Crippen LogP contribution in [0.25, 0.3) is 22.2 Å². The molecule has 0 aliphatic carbocycles. The summed E-state index contributed by atoms with van der Waals surface area (Å²) in [7, 11) is 0. The monoisotopic (exact) mass is 414 g/mol.